The average Bonchev–Trinajstić information content (AvgIpc) is 2.80. The molecule has 2 rings (SSSR count). The van der Waals surface area contributed by atoms with Gasteiger partial charge in [0.15, 0.2) is 0 Å². The van der Waals surface area contributed by atoms with Gasteiger partial charge in [0, 0.05) is 37.9 Å². The lowest BCUT2D eigenvalue weighted by molar-refractivity contribution is 0.997. The van der Waals surface area contributed by atoms with Crippen LogP contribution >= 0.6 is 0 Å². The molecule has 4 nitrogen and oxygen atoms in total. The van der Waals surface area contributed by atoms with Crippen LogP contribution in [0.3, 0.4) is 0 Å². The van der Waals surface area contributed by atoms with Crippen LogP contribution in [0.2, 0.25) is 0 Å². The number of hydrogen-bond acceptors (Lipinski definition) is 3. The van der Waals surface area contributed by atoms with Crippen LogP contribution in [-0.2, 0) is 6.54 Å². The summed E-state index contributed by atoms with van der Waals surface area (Å²) in [6.07, 6.45) is 3.60. The summed E-state index contributed by atoms with van der Waals surface area (Å²) in [5.41, 5.74) is 3.60. The first-order valence-corrected chi connectivity index (χ1v) is 5.67. The minimum Gasteiger partial charge on any atom is -0.378 e. The fourth-order valence-corrected chi connectivity index (χ4v) is 1.70. The second-order valence-corrected chi connectivity index (χ2v) is 4.28. The Labute approximate surface area is 102 Å². The van der Waals surface area contributed by atoms with E-state index in [0.29, 0.717) is 0 Å². The van der Waals surface area contributed by atoms with E-state index in [-0.39, 0.29) is 0 Å². The molecule has 2 N–H and O–H groups in total. The third-order valence-corrected chi connectivity index (χ3v) is 2.73. The third-order valence-electron chi connectivity index (χ3n) is 2.73. The molecular formula is C13H18N4. The third kappa shape index (κ3) is 2.78. The van der Waals surface area contributed by atoms with E-state index in [9.17, 15) is 0 Å². The van der Waals surface area contributed by atoms with Crippen molar-refractivity contribution in [3.8, 4) is 0 Å². The van der Waals surface area contributed by atoms with Crippen molar-refractivity contribution < 1.29 is 0 Å². The Kier molecular flexibility index (Phi) is 3.32. The number of rotatable bonds is 4. The minimum absolute atomic E-state index is 0.717. The molecule has 0 saturated carbocycles. The van der Waals surface area contributed by atoms with E-state index in [1.54, 1.807) is 6.20 Å². The van der Waals surface area contributed by atoms with Crippen molar-refractivity contribution in [3.05, 3.63) is 42.0 Å². The monoisotopic (exact) mass is 230 g/mol. The molecule has 17 heavy (non-hydrogen) atoms. The van der Waals surface area contributed by atoms with Gasteiger partial charge in [-0.2, -0.15) is 0 Å². The van der Waals surface area contributed by atoms with E-state index >= 15 is 0 Å². The van der Waals surface area contributed by atoms with Gasteiger partial charge < -0.3 is 15.2 Å². The van der Waals surface area contributed by atoms with Crippen molar-refractivity contribution in [2.24, 2.45) is 0 Å². The summed E-state index contributed by atoms with van der Waals surface area (Å²) in [7, 11) is 4.09. The lowest BCUT2D eigenvalue weighted by Gasteiger charge is -2.15. The molecule has 1 heterocycles. The smallest absolute Gasteiger partial charge is 0.125 e. The Morgan fingerprint density at radius 3 is 2.76 bits per heavy atom. The van der Waals surface area contributed by atoms with E-state index < -0.39 is 0 Å². The van der Waals surface area contributed by atoms with Crippen LogP contribution in [0.4, 0.5) is 11.4 Å². The molecule has 90 valence electrons. The highest BCUT2D eigenvalue weighted by molar-refractivity contribution is 5.59. The number of H-pyrrole nitrogens is 1. The Bertz CT molecular complexity index is 474. The SMILES string of the molecule is Cc1cc(N(C)C)ccc1NCc1ncc[nH]1. The number of hydrogen-bond donors (Lipinski definition) is 2. The number of aryl methyl sites for hydroxylation is 1. The summed E-state index contributed by atoms with van der Waals surface area (Å²) in [6.45, 7) is 2.83. The highest BCUT2D eigenvalue weighted by Gasteiger charge is 2.02. The van der Waals surface area contributed by atoms with Crippen molar-refractivity contribution in [2.45, 2.75) is 13.5 Å². The summed E-state index contributed by atoms with van der Waals surface area (Å²) in [5.74, 6) is 0.945. The van der Waals surface area contributed by atoms with Crippen LogP contribution in [0.15, 0.2) is 30.6 Å². The van der Waals surface area contributed by atoms with Gasteiger partial charge in [0.05, 0.1) is 6.54 Å². The standard InChI is InChI=1S/C13H18N4/c1-10-8-11(17(2)3)4-5-12(10)16-9-13-14-6-7-15-13/h4-8,16H,9H2,1-3H3,(H,14,15). The fraction of sp³-hybridized carbons (Fsp3) is 0.308. The van der Waals surface area contributed by atoms with E-state index in [1.165, 1.54) is 11.3 Å². The molecule has 0 amide bonds. The van der Waals surface area contributed by atoms with Gasteiger partial charge in [0.2, 0.25) is 0 Å². The van der Waals surface area contributed by atoms with Gasteiger partial charge in [0.1, 0.15) is 5.82 Å². The average molecular weight is 230 g/mol. The second-order valence-electron chi connectivity index (χ2n) is 4.28. The molecule has 1 aromatic heterocycles. The van der Waals surface area contributed by atoms with Gasteiger partial charge in [-0.3, -0.25) is 0 Å². The summed E-state index contributed by atoms with van der Waals surface area (Å²) in [6, 6.07) is 6.38. The zero-order valence-electron chi connectivity index (χ0n) is 10.5. The molecule has 2 aromatic rings. The normalized spacial score (nSPS) is 10.3. The van der Waals surface area contributed by atoms with E-state index in [0.717, 1.165) is 18.1 Å². The number of benzene rings is 1. The molecule has 0 radical (unpaired) electrons. The Balaban J connectivity index is 2.06. The molecule has 0 aliphatic carbocycles. The van der Waals surface area contributed by atoms with Crippen LogP contribution in [0, 0.1) is 6.92 Å². The van der Waals surface area contributed by atoms with Crippen molar-refractivity contribution in [2.75, 3.05) is 24.3 Å². The first kappa shape index (κ1) is 11.5. The van der Waals surface area contributed by atoms with Crippen LogP contribution in [0.5, 0.6) is 0 Å². The Morgan fingerprint density at radius 1 is 1.35 bits per heavy atom. The van der Waals surface area contributed by atoms with E-state index in [1.807, 2.05) is 20.3 Å². The summed E-state index contributed by atoms with van der Waals surface area (Å²) in [4.78, 5) is 9.36. The van der Waals surface area contributed by atoms with Gasteiger partial charge >= 0.3 is 0 Å². The van der Waals surface area contributed by atoms with Crippen LogP contribution in [-0.4, -0.2) is 24.1 Å². The zero-order valence-corrected chi connectivity index (χ0v) is 10.5. The van der Waals surface area contributed by atoms with Gasteiger partial charge in [-0.25, -0.2) is 4.98 Å². The number of imidazole rings is 1. The first-order chi connectivity index (χ1) is 8.16. The van der Waals surface area contributed by atoms with E-state index in [4.69, 9.17) is 0 Å². The molecule has 0 saturated heterocycles. The molecule has 0 bridgehead atoms. The van der Waals surface area contributed by atoms with E-state index in [2.05, 4.69) is 45.3 Å². The fourth-order valence-electron chi connectivity index (χ4n) is 1.70. The highest BCUT2D eigenvalue weighted by atomic mass is 15.1. The minimum atomic E-state index is 0.717. The van der Waals surface area contributed by atoms with Crippen molar-refractivity contribution in [1.29, 1.82) is 0 Å². The largest absolute Gasteiger partial charge is 0.378 e. The molecule has 4 heteroatoms. The Morgan fingerprint density at radius 2 is 2.18 bits per heavy atom. The number of aromatic nitrogens is 2. The number of nitrogens with zero attached hydrogens (tertiary/aromatic N) is 2. The number of aromatic amines is 1. The molecule has 0 unspecified atom stereocenters. The first-order valence-electron chi connectivity index (χ1n) is 5.67. The molecule has 0 aliphatic heterocycles. The zero-order chi connectivity index (χ0) is 12.3. The summed E-state index contributed by atoms with van der Waals surface area (Å²) < 4.78 is 0. The second kappa shape index (κ2) is 4.91. The summed E-state index contributed by atoms with van der Waals surface area (Å²) in [5, 5.41) is 3.37. The predicted molar refractivity (Wildman–Crippen MR) is 71.4 cm³/mol. The van der Waals surface area contributed by atoms with Gasteiger partial charge in [0.25, 0.3) is 0 Å². The van der Waals surface area contributed by atoms with Gasteiger partial charge in [-0.05, 0) is 30.7 Å². The highest BCUT2D eigenvalue weighted by Crippen LogP contribution is 2.21. The topological polar surface area (TPSA) is 44.0 Å². The van der Waals surface area contributed by atoms with Gasteiger partial charge in [-0.15, -0.1) is 0 Å². The maximum absolute atomic E-state index is 4.18. The molecule has 0 aliphatic rings. The number of nitrogens with one attached hydrogen (secondary N) is 2. The van der Waals surface area contributed by atoms with Crippen molar-refractivity contribution in [1.82, 2.24) is 9.97 Å². The van der Waals surface area contributed by atoms with Crippen molar-refractivity contribution >= 4 is 11.4 Å². The Hall–Kier alpha value is -1.97. The lowest BCUT2D eigenvalue weighted by atomic mass is 10.1. The molecule has 0 spiro atoms. The summed E-state index contributed by atoms with van der Waals surface area (Å²) >= 11 is 0. The molecule has 0 atom stereocenters. The van der Waals surface area contributed by atoms with Crippen LogP contribution in [0.1, 0.15) is 11.4 Å². The predicted octanol–water partition coefficient (Wildman–Crippen LogP) is 2.40. The van der Waals surface area contributed by atoms with Crippen molar-refractivity contribution in [3.63, 3.8) is 0 Å². The maximum atomic E-state index is 4.18. The quantitative estimate of drug-likeness (QED) is 0.847. The molecule has 0 fully saturated rings. The lowest BCUT2D eigenvalue weighted by Crippen LogP contribution is -2.09. The molecule has 1 aromatic carbocycles. The van der Waals surface area contributed by atoms with Gasteiger partial charge in [-0.1, -0.05) is 0 Å². The van der Waals surface area contributed by atoms with Crippen LogP contribution < -0.4 is 10.2 Å². The number of anilines is 2. The maximum Gasteiger partial charge on any atom is 0.125 e. The molecular weight excluding hydrogens is 212 g/mol. The van der Waals surface area contributed by atoms with Crippen LogP contribution in [0.25, 0.3) is 0 Å².